The summed E-state index contributed by atoms with van der Waals surface area (Å²) in [5.41, 5.74) is 1.08. The van der Waals surface area contributed by atoms with Crippen molar-refractivity contribution >= 4 is 11.3 Å². The zero-order valence-corrected chi connectivity index (χ0v) is 10.8. The molecule has 1 heterocycles. The number of aliphatic hydroxyl groups is 1. The molecule has 0 amide bonds. The van der Waals surface area contributed by atoms with E-state index in [4.69, 9.17) is 0 Å². The first-order valence-electron chi connectivity index (χ1n) is 5.46. The van der Waals surface area contributed by atoms with Crippen molar-refractivity contribution in [2.75, 3.05) is 13.1 Å². The molecule has 1 aromatic heterocycles. The Labute approximate surface area is 96.3 Å². The van der Waals surface area contributed by atoms with Gasteiger partial charge in [-0.15, -0.1) is 11.3 Å². The summed E-state index contributed by atoms with van der Waals surface area (Å²) in [6.45, 7) is 10.1. The number of aliphatic hydroxyl groups excluding tert-OH is 1. The lowest BCUT2D eigenvalue weighted by molar-refractivity contribution is 0.173. The summed E-state index contributed by atoms with van der Waals surface area (Å²) >= 11 is 1.75. The zero-order valence-electron chi connectivity index (χ0n) is 10.0. The third-order valence-electron chi connectivity index (χ3n) is 2.33. The smallest absolute Gasteiger partial charge is 0.0925 e. The number of hydrogen-bond acceptors (Lipinski definition) is 3. The van der Waals surface area contributed by atoms with Crippen molar-refractivity contribution in [3.05, 3.63) is 21.4 Å². The van der Waals surface area contributed by atoms with Gasteiger partial charge in [-0.25, -0.2) is 0 Å². The first kappa shape index (κ1) is 12.7. The summed E-state index contributed by atoms with van der Waals surface area (Å²) in [7, 11) is 0. The van der Waals surface area contributed by atoms with E-state index < -0.39 is 0 Å². The molecule has 0 saturated carbocycles. The van der Waals surface area contributed by atoms with Crippen LogP contribution in [0.25, 0.3) is 0 Å². The highest BCUT2D eigenvalue weighted by atomic mass is 32.1. The molecule has 0 radical (unpaired) electrons. The lowest BCUT2D eigenvalue weighted by Gasteiger charge is -2.13. The molecule has 1 rings (SSSR count). The van der Waals surface area contributed by atoms with Gasteiger partial charge in [0, 0.05) is 16.3 Å². The van der Waals surface area contributed by atoms with Crippen LogP contribution in [0.4, 0.5) is 0 Å². The Morgan fingerprint density at radius 3 is 2.47 bits per heavy atom. The summed E-state index contributed by atoms with van der Waals surface area (Å²) in [5.74, 6) is 0.627. The second-order valence-corrected chi connectivity index (χ2v) is 5.90. The van der Waals surface area contributed by atoms with E-state index in [-0.39, 0.29) is 6.10 Å². The predicted molar refractivity (Wildman–Crippen MR) is 66.5 cm³/mol. The summed E-state index contributed by atoms with van der Waals surface area (Å²) in [4.78, 5) is 2.50. The Kier molecular flexibility index (Phi) is 4.77. The van der Waals surface area contributed by atoms with Crippen LogP contribution in [-0.2, 0) is 0 Å². The fourth-order valence-corrected chi connectivity index (χ4v) is 2.58. The number of nitrogens with one attached hydrogen (secondary N) is 1. The molecule has 3 heteroatoms. The standard InChI is InChI=1S/C12H21NOS/c1-8(2)6-13-7-12(14)11-5-9(3)15-10(11)4/h5,8,12-14H,6-7H2,1-4H3. The molecule has 0 aliphatic heterocycles. The van der Waals surface area contributed by atoms with Gasteiger partial charge in [0.1, 0.15) is 0 Å². The van der Waals surface area contributed by atoms with Gasteiger partial charge in [-0.3, -0.25) is 0 Å². The van der Waals surface area contributed by atoms with Crippen LogP contribution in [0.15, 0.2) is 6.07 Å². The van der Waals surface area contributed by atoms with Crippen molar-refractivity contribution in [3.63, 3.8) is 0 Å². The largest absolute Gasteiger partial charge is 0.387 e. The third kappa shape index (κ3) is 3.93. The first-order chi connectivity index (χ1) is 7.00. The van der Waals surface area contributed by atoms with Crippen LogP contribution < -0.4 is 5.32 Å². The van der Waals surface area contributed by atoms with Crippen molar-refractivity contribution < 1.29 is 5.11 Å². The van der Waals surface area contributed by atoms with Crippen LogP contribution in [0.1, 0.15) is 35.3 Å². The maximum atomic E-state index is 9.97. The van der Waals surface area contributed by atoms with E-state index in [0.717, 1.165) is 12.1 Å². The molecule has 1 aromatic rings. The minimum absolute atomic E-state index is 0.367. The topological polar surface area (TPSA) is 32.3 Å². The summed E-state index contributed by atoms with van der Waals surface area (Å²) < 4.78 is 0. The van der Waals surface area contributed by atoms with E-state index in [1.165, 1.54) is 9.75 Å². The Bertz CT molecular complexity index is 307. The number of aryl methyl sites for hydroxylation is 2. The monoisotopic (exact) mass is 227 g/mol. The highest BCUT2D eigenvalue weighted by molar-refractivity contribution is 7.12. The fourth-order valence-electron chi connectivity index (χ4n) is 1.60. The van der Waals surface area contributed by atoms with Crippen LogP contribution in [0.2, 0.25) is 0 Å². The van der Waals surface area contributed by atoms with E-state index in [0.29, 0.717) is 12.5 Å². The number of thiophene rings is 1. The highest BCUT2D eigenvalue weighted by Gasteiger charge is 2.12. The molecule has 86 valence electrons. The predicted octanol–water partition coefficient (Wildman–Crippen LogP) is 2.64. The molecular weight excluding hydrogens is 206 g/mol. The Morgan fingerprint density at radius 2 is 2.00 bits per heavy atom. The molecular formula is C12H21NOS. The third-order valence-corrected chi connectivity index (χ3v) is 3.31. The van der Waals surface area contributed by atoms with Crippen LogP contribution in [0.3, 0.4) is 0 Å². The Hall–Kier alpha value is -0.380. The van der Waals surface area contributed by atoms with Gasteiger partial charge in [-0.2, -0.15) is 0 Å². The second kappa shape index (κ2) is 5.64. The van der Waals surface area contributed by atoms with E-state index in [9.17, 15) is 5.11 Å². The molecule has 0 saturated heterocycles. The average molecular weight is 227 g/mol. The van der Waals surface area contributed by atoms with Gasteiger partial charge >= 0.3 is 0 Å². The van der Waals surface area contributed by atoms with Crippen LogP contribution in [0.5, 0.6) is 0 Å². The molecule has 0 fully saturated rings. The van der Waals surface area contributed by atoms with Gasteiger partial charge in [-0.05, 0) is 37.9 Å². The van der Waals surface area contributed by atoms with Gasteiger partial charge in [0.15, 0.2) is 0 Å². The lowest BCUT2D eigenvalue weighted by atomic mass is 10.1. The van der Waals surface area contributed by atoms with Crippen LogP contribution in [0, 0.1) is 19.8 Å². The number of rotatable bonds is 5. The molecule has 1 atom stereocenters. The van der Waals surface area contributed by atoms with E-state index in [2.05, 4.69) is 39.1 Å². The van der Waals surface area contributed by atoms with Crippen molar-refractivity contribution in [2.24, 2.45) is 5.92 Å². The second-order valence-electron chi connectivity index (χ2n) is 4.44. The van der Waals surface area contributed by atoms with Crippen molar-refractivity contribution in [1.29, 1.82) is 0 Å². The maximum Gasteiger partial charge on any atom is 0.0925 e. The normalized spacial score (nSPS) is 13.5. The minimum atomic E-state index is -0.367. The fraction of sp³-hybridized carbons (Fsp3) is 0.667. The molecule has 0 aliphatic rings. The van der Waals surface area contributed by atoms with Crippen molar-refractivity contribution in [2.45, 2.75) is 33.8 Å². The number of hydrogen-bond donors (Lipinski definition) is 2. The maximum absolute atomic E-state index is 9.97. The van der Waals surface area contributed by atoms with Crippen molar-refractivity contribution in [1.82, 2.24) is 5.32 Å². The summed E-state index contributed by atoms with van der Waals surface area (Å²) in [6, 6.07) is 2.09. The molecule has 15 heavy (non-hydrogen) atoms. The SMILES string of the molecule is Cc1cc(C(O)CNCC(C)C)c(C)s1. The van der Waals surface area contributed by atoms with Gasteiger partial charge in [0.25, 0.3) is 0 Å². The van der Waals surface area contributed by atoms with Crippen molar-refractivity contribution in [3.8, 4) is 0 Å². The molecule has 2 nitrogen and oxygen atoms in total. The van der Waals surface area contributed by atoms with Crippen LogP contribution >= 0.6 is 11.3 Å². The summed E-state index contributed by atoms with van der Waals surface area (Å²) in [5, 5.41) is 13.2. The Morgan fingerprint density at radius 1 is 1.33 bits per heavy atom. The van der Waals surface area contributed by atoms with E-state index in [1.807, 2.05) is 0 Å². The van der Waals surface area contributed by atoms with E-state index in [1.54, 1.807) is 11.3 Å². The molecule has 0 aromatic carbocycles. The van der Waals surface area contributed by atoms with Crippen LogP contribution in [-0.4, -0.2) is 18.2 Å². The molecule has 0 spiro atoms. The van der Waals surface area contributed by atoms with Gasteiger partial charge in [0.2, 0.25) is 0 Å². The molecule has 2 N–H and O–H groups in total. The quantitative estimate of drug-likeness (QED) is 0.810. The zero-order chi connectivity index (χ0) is 11.4. The first-order valence-corrected chi connectivity index (χ1v) is 6.28. The minimum Gasteiger partial charge on any atom is -0.387 e. The van der Waals surface area contributed by atoms with Gasteiger partial charge in [-0.1, -0.05) is 13.8 Å². The summed E-state index contributed by atoms with van der Waals surface area (Å²) in [6.07, 6.45) is -0.367. The highest BCUT2D eigenvalue weighted by Crippen LogP contribution is 2.25. The van der Waals surface area contributed by atoms with E-state index >= 15 is 0 Å². The van der Waals surface area contributed by atoms with Gasteiger partial charge in [0.05, 0.1) is 6.10 Å². The van der Waals surface area contributed by atoms with Gasteiger partial charge < -0.3 is 10.4 Å². The molecule has 0 aliphatic carbocycles. The Balaban J connectivity index is 2.46. The molecule has 1 unspecified atom stereocenters. The lowest BCUT2D eigenvalue weighted by Crippen LogP contribution is -2.25. The molecule has 0 bridgehead atoms. The average Bonchev–Trinajstić information content (AvgIpc) is 2.44.